The number of thioether (sulfide) groups is 1. The first kappa shape index (κ1) is 19.9. The number of nitrogens with two attached hydrogens (primary N) is 1. The Morgan fingerprint density at radius 2 is 1.93 bits per heavy atom. The molecule has 0 atom stereocenters. The highest BCUT2D eigenvalue weighted by Crippen LogP contribution is 2.29. The number of nitrogens with zero attached hydrogens (tertiary/aromatic N) is 5. The van der Waals surface area contributed by atoms with E-state index in [1.165, 1.54) is 17.4 Å². The number of rotatable bonds is 6. The van der Waals surface area contributed by atoms with E-state index in [0.29, 0.717) is 24.0 Å². The Balaban J connectivity index is 1.42. The molecule has 3 rings (SSSR count). The smallest absolute Gasteiger partial charge is 0.374 e. The zero-order chi connectivity index (χ0) is 19.3. The quantitative estimate of drug-likeness (QED) is 0.573. The zero-order valence-electron chi connectivity index (χ0n) is 14.4. The Morgan fingerprint density at radius 1 is 1.15 bits per heavy atom. The van der Waals surface area contributed by atoms with Gasteiger partial charge in [-0.3, -0.25) is 4.90 Å². The first-order chi connectivity index (χ1) is 12.9. The highest BCUT2D eigenvalue weighted by Gasteiger charge is 2.33. The molecule has 2 N–H and O–H groups in total. The van der Waals surface area contributed by atoms with Gasteiger partial charge in [0.1, 0.15) is 11.5 Å². The largest absolute Gasteiger partial charge is 0.433 e. The van der Waals surface area contributed by atoms with Crippen molar-refractivity contribution in [1.29, 1.82) is 0 Å². The van der Waals surface area contributed by atoms with Crippen molar-refractivity contribution in [2.24, 2.45) is 0 Å². The van der Waals surface area contributed by atoms with Crippen molar-refractivity contribution in [2.45, 2.75) is 10.5 Å². The van der Waals surface area contributed by atoms with Crippen LogP contribution in [0.4, 0.5) is 24.1 Å². The maximum Gasteiger partial charge on any atom is 0.433 e. The second-order valence-electron chi connectivity index (χ2n) is 5.86. The Hall–Kier alpha value is -1.85. The molecule has 3 heterocycles. The fourth-order valence-corrected chi connectivity index (χ4v) is 4.12. The molecule has 0 aliphatic carbocycles. The lowest BCUT2D eigenvalue weighted by atomic mass is 10.2. The van der Waals surface area contributed by atoms with Crippen LogP contribution in [0.2, 0.25) is 0 Å². The summed E-state index contributed by atoms with van der Waals surface area (Å²) >= 11 is 2.95. The van der Waals surface area contributed by atoms with E-state index in [-0.39, 0.29) is 0 Å². The maximum atomic E-state index is 12.8. The average molecular weight is 416 g/mol. The van der Waals surface area contributed by atoms with Gasteiger partial charge >= 0.3 is 6.18 Å². The third kappa shape index (κ3) is 5.81. The lowest BCUT2D eigenvalue weighted by Crippen LogP contribution is -2.46. The van der Waals surface area contributed by atoms with Gasteiger partial charge in [-0.25, -0.2) is 4.98 Å². The molecule has 0 saturated carbocycles. The summed E-state index contributed by atoms with van der Waals surface area (Å²) in [6, 6.07) is 4.03. The van der Waals surface area contributed by atoms with Crippen molar-refractivity contribution in [3.8, 4) is 0 Å². The molecule has 1 aliphatic heterocycles. The minimum Gasteiger partial charge on any atom is -0.374 e. The minimum absolute atomic E-state index is 0.382. The molecule has 0 amide bonds. The Morgan fingerprint density at radius 3 is 2.59 bits per heavy atom. The molecule has 6 nitrogen and oxygen atoms in total. The van der Waals surface area contributed by atoms with Crippen LogP contribution in [0.3, 0.4) is 0 Å². The molecule has 0 bridgehead atoms. The number of hydrogen-bond donors (Lipinski definition) is 1. The number of piperazine rings is 1. The molecular formula is C16H19F3N6S2. The van der Waals surface area contributed by atoms with Crippen LogP contribution < -0.4 is 10.6 Å². The van der Waals surface area contributed by atoms with Crippen LogP contribution in [0.25, 0.3) is 0 Å². The molecule has 1 aliphatic rings. The van der Waals surface area contributed by atoms with E-state index in [1.807, 2.05) is 4.90 Å². The van der Waals surface area contributed by atoms with Gasteiger partial charge < -0.3 is 10.6 Å². The van der Waals surface area contributed by atoms with E-state index in [2.05, 4.69) is 32.2 Å². The molecule has 27 heavy (non-hydrogen) atoms. The van der Waals surface area contributed by atoms with Crippen LogP contribution in [-0.4, -0.2) is 58.6 Å². The summed E-state index contributed by atoms with van der Waals surface area (Å²) in [6.07, 6.45) is -0.250. The molecular weight excluding hydrogens is 397 g/mol. The first-order valence-electron chi connectivity index (χ1n) is 8.30. The Kier molecular flexibility index (Phi) is 6.55. The van der Waals surface area contributed by atoms with Crippen molar-refractivity contribution in [2.75, 3.05) is 49.1 Å². The number of anilines is 2. The van der Waals surface area contributed by atoms with Crippen molar-refractivity contribution in [3.05, 3.63) is 36.0 Å². The molecule has 0 spiro atoms. The molecule has 146 valence electrons. The van der Waals surface area contributed by atoms with E-state index in [1.54, 1.807) is 17.8 Å². The lowest BCUT2D eigenvalue weighted by Gasteiger charge is -2.35. The summed E-state index contributed by atoms with van der Waals surface area (Å²) < 4.78 is 39.2. The second-order valence-corrected chi connectivity index (χ2v) is 8.13. The zero-order valence-corrected chi connectivity index (χ0v) is 16.0. The highest BCUT2D eigenvalue weighted by molar-refractivity contribution is 8.01. The fraction of sp³-hybridized carbons (Fsp3) is 0.438. The molecule has 2 aromatic rings. The highest BCUT2D eigenvalue weighted by atomic mass is 32.2. The van der Waals surface area contributed by atoms with Crippen LogP contribution in [0.5, 0.6) is 0 Å². The third-order valence-electron chi connectivity index (χ3n) is 3.98. The van der Waals surface area contributed by atoms with Crippen molar-refractivity contribution < 1.29 is 13.2 Å². The van der Waals surface area contributed by atoms with Gasteiger partial charge in [0.25, 0.3) is 0 Å². The summed E-state index contributed by atoms with van der Waals surface area (Å²) in [4.78, 5) is 7.91. The first-order valence-corrected chi connectivity index (χ1v) is 10.1. The standard InChI is InChI=1S/C16H19F3N6S2/c17-16(18,19)12-4-3-5-13(21-12)25-9-7-24(8-10-25)6-1-2-11-26-15-23-22-14(20)27-15/h1-5H,6-11H2,(H2,20,22)/b2-1+. The number of alkyl halides is 3. The molecule has 2 aromatic heterocycles. The van der Waals surface area contributed by atoms with Gasteiger partial charge in [0.15, 0.2) is 4.34 Å². The van der Waals surface area contributed by atoms with Crippen molar-refractivity contribution in [1.82, 2.24) is 20.1 Å². The van der Waals surface area contributed by atoms with Crippen molar-refractivity contribution in [3.63, 3.8) is 0 Å². The number of hydrogen-bond acceptors (Lipinski definition) is 8. The van der Waals surface area contributed by atoms with Crippen LogP contribution in [0.15, 0.2) is 34.7 Å². The summed E-state index contributed by atoms with van der Waals surface area (Å²) in [5.74, 6) is 1.18. The van der Waals surface area contributed by atoms with E-state index in [4.69, 9.17) is 5.73 Å². The topological polar surface area (TPSA) is 71.2 Å². The minimum atomic E-state index is -4.42. The number of nitrogen functional groups attached to an aromatic ring is 1. The van der Waals surface area contributed by atoms with Crippen LogP contribution >= 0.6 is 23.1 Å². The molecule has 0 unspecified atom stereocenters. The summed E-state index contributed by atoms with van der Waals surface area (Å²) in [5.41, 5.74) is 4.68. The van der Waals surface area contributed by atoms with Crippen LogP contribution in [-0.2, 0) is 6.18 Å². The molecule has 0 aromatic carbocycles. The van der Waals surface area contributed by atoms with Gasteiger partial charge in [-0.2, -0.15) is 13.2 Å². The normalized spacial score (nSPS) is 16.3. The number of pyridine rings is 1. The average Bonchev–Trinajstić information content (AvgIpc) is 3.06. The predicted molar refractivity (Wildman–Crippen MR) is 102 cm³/mol. The van der Waals surface area contributed by atoms with Gasteiger partial charge in [0.05, 0.1) is 0 Å². The summed E-state index contributed by atoms with van der Waals surface area (Å²) in [6.45, 7) is 3.68. The Bertz CT molecular complexity index is 772. The van der Waals surface area contributed by atoms with E-state index in [9.17, 15) is 13.2 Å². The number of halogens is 3. The lowest BCUT2D eigenvalue weighted by molar-refractivity contribution is -0.141. The van der Waals surface area contributed by atoms with E-state index < -0.39 is 11.9 Å². The molecule has 0 radical (unpaired) electrons. The van der Waals surface area contributed by atoms with Gasteiger partial charge in [0, 0.05) is 38.5 Å². The van der Waals surface area contributed by atoms with E-state index in [0.717, 1.165) is 35.8 Å². The molecule has 1 fully saturated rings. The van der Waals surface area contributed by atoms with Gasteiger partial charge in [-0.15, -0.1) is 10.2 Å². The van der Waals surface area contributed by atoms with Crippen LogP contribution in [0, 0.1) is 0 Å². The van der Waals surface area contributed by atoms with Gasteiger partial charge in [-0.05, 0) is 12.1 Å². The second kappa shape index (κ2) is 8.89. The van der Waals surface area contributed by atoms with Crippen molar-refractivity contribution >= 4 is 34.0 Å². The Labute approximate surface area is 163 Å². The summed E-state index contributed by atoms with van der Waals surface area (Å²) in [7, 11) is 0. The maximum absolute atomic E-state index is 12.8. The van der Waals surface area contributed by atoms with Crippen LogP contribution in [0.1, 0.15) is 5.69 Å². The van der Waals surface area contributed by atoms with Gasteiger partial charge in [0.2, 0.25) is 5.13 Å². The SMILES string of the molecule is Nc1nnc(SC/C=C/CN2CCN(c3cccc(C(F)(F)F)n3)CC2)s1. The van der Waals surface area contributed by atoms with E-state index >= 15 is 0 Å². The summed E-state index contributed by atoms with van der Waals surface area (Å²) in [5, 5.41) is 8.17. The molecule has 11 heteroatoms. The third-order valence-corrected chi connectivity index (χ3v) is 5.81. The predicted octanol–water partition coefficient (Wildman–Crippen LogP) is 3.00. The molecule has 1 saturated heterocycles. The fourth-order valence-electron chi connectivity index (χ4n) is 2.61. The monoisotopic (exact) mass is 416 g/mol. The van der Waals surface area contributed by atoms with Gasteiger partial charge in [-0.1, -0.05) is 41.3 Å². The number of aromatic nitrogens is 3.